The molecule has 0 amide bonds. The lowest BCUT2D eigenvalue weighted by molar-refractivity contribution is -0.0334. The molecule has 13 fully saturated rings. The SMILES string of the molecule is CC1C(CC[C@H]2N(C3CCC4C5CCCCC5C(C)(C)C4C3)C3CC4C(CC3C23C2CCCCC2C2CCCCC23)C2CCCCC2C4(C)C)C(O)C2CC3CCCCC3CC12. The first-order valence-corrected chi connectivity index (χ1v) is 29.6. The van der Waals surface area contributed by atoms with Crippen molar-refractivity contribution in [3.05, 3.63) is 0 Å². The first-order valence-electron chi connectivity index (χ1n) is 29.6. The van der Waals surface area contributed by atoms with E-state index in [1.165, 1.54) is 116 Å². The summed E-state index contributed by atoms with van der Waals surface area (Å²) < 4.78 is 0. The van der Waals surface area contributed by atoms with Crippen molar-refractivity contribution in [2.75, 3.05) is 0 Å². The molecular weight excluding hydrogens is 751 g/mol. The van der Waals surface area contributed by atoms with Crippen molar-refractivity contribution < 1.29 is 5.11 Å². The van der Waals surface area contributed by atoms with Gasteiger partial charge in [-0.25, -0.2) is 0 Å². The van der Waals surface area contributed by atoms with Crippen LogP contribution in [-0.4, -0.2) is 34.2 Å². The van der Waals surface area contributed by atoms with Crippen molar-refractivity contribution in [2.24, 2.45) is 129 Å². The van der Waals surface area contributed by atoms with Gasteiger partial charge in [0.05, 0.1) is 6.10 Å². The molecule has 12 aliphatic carbocycles. The molecule has 23 atom stereocenters. The van der Waals surface area contributed by atoms with E-state index in [2.05, 4.69) is 39.5 Å². The van der Waals surface area contributed by atoms with E-state index in [1.54, 1.807) is 70.6 Å². The Balaban J connectivity index is 0.913. The quantitative estimate of drug-likeness (QED) is 0.305. The average molecular weight is 848 g/mol. The number of hydrogen-bond acceptors (Lipinski definition) is 2. The van der Waals surface area contributed by atoms with Crippen molar-refractivity contribution >= 4 is 0 Å². The number of rotatable bonds is 4. The topological polar surface area (TPSA) is 23.5 Å². The molecule has 13 rings (SSSR count). The molecule has 1 aliphatic heterocycles. The molecule has 0 aromatic heterocycles. The molecule has 22 unspecified atom stereocenters. The van der Waals surface area contributed by atoms with Gasteiger partial charge in [0.15, 0.2) is 0 Å². The second-order valence-corrected chi connectivity index (χ2v) is 28.7. The maximum absolute atomic E-state index is 12.7. The fourth-order valence-electron chi connectivity index (χ4n) is 25.2. The Morgan fingerprint density at radius 2 is 0.903 bits per heavy atom. The molecule has 0 bridgehead atoms. The molecule has 1 spiro atoms. The van der Waals surface area contributed by atoms with Gasteiger partial charge in [-0.1, -0.05) is 112 Å². The third-order valence-electron chi connectivity index (χ3n) is 27.1. The van der Waals surface area contributed by atoms with Crippen LogP contribution in [0.15, 0.2) is 0 Å². The third kappa shape index (κ3) is 5.83. The molecule has 1 heterocycles. The van der Waals surface area contributed by atoms with E-state index in [-0.39, 0.29) is 6.10 Å². The highest BCUT2D eigenvalue weighted by molar-refractivity contribution is 5.25. The zero-order valence-corrected chi connectivity index (χ0v) is 41.2. The largest absolute Gasteiger partial charge is 0.393 e. The molecule has 348 valence electrons. The Morgan fingerprint density at radius 1 is 0.419 bits per heavy atom. The number of aliphatic hydroxyl groups excluding tert-OH is 1. The van der Waals surface area contributed by atoms with Crippen LogP contribution in [-0.2, 0) is 0 Å². The summed E-state index contributed by atoms with van der Waals surface area (Å²) >= 11 is 0. The van der Waals surface area contributed by atoms with Gasteiger partial charge in [-0.05, 0) is 238 Å². The smallest absolute Gasteiger partial charge is 0.0602 e. The monoisotopic (exact) mass is 848 g/mol. The van der Waals surface area contributed by atoms with Gasteiger partial charge < -0.3 is 5.11 Å². The minimum Gasteiger partial charge on any atom is -0.393 e. The van der Waals surface area contributed by atoms with E-state index in [9.17, 15) is 5.11 Å². The number of hydrogen-bond donors (Lipinski definition) is 1. The summed E-state index contributed by atoms with van der Waals surface area (Å²) in [6.07, 6.45) is 44.0. The number of aliphatic hydroxyl groups is 1. The van der Waals surface area contributed by atoms with Gasteiger partial charge in [0.2, 0.25) is 0 Å². The van der Waals surface area contributed by atoms with E-state index >= 15 is 0 Å². The summed E-state index contributed by atoms with van der Waals surface area (Å²) in [5, 5.41) is 12.7. The minimum atomic E-state index is -0.0270. The summed E-state index contributed by atoms with van der Waals surface area (Å²) in [5.74, 6) is 17.6. The molecule has 1 saturated heterocycles. The summed E-state index contributed by atoms with van der Waals surface area (Å²) in [6.45, 7) is 13.9. The summed E-state index contributed by atoms with van der Waals surface area (Å²) in [5.41, 5.74) is 1.59. The van der Waals surface area contributed by atoms with Crippen LogP contribution >= 0.6 is 0 Å². The zero-order valence-electron chi connectivity index (χ0n) is 41.2. The second-order valence-electron chi connectivity index (χ2n) is 28.7. The minimum absolute atomic E-state index is 0.0270. The lowest BCUT2D eigenvalue weighted by atomic mass is 9.51. The lowest BCUT2D eigenvalue weighted by Crippen LogP contribution is -2.53. The van der Waals surface area contributed by atoms with Gasteiger partial charge in [0.1, 0.15) is 0 Å². The Bertz CT molecular complexity index is 1600. The predicted molar refractivity (Wildman–Crippen MR) is 255 cm³/mol. The van der Waals surface area contributed by atoms with E-state index in [0.717, 1.165) is 119 Å². The number of fused-ring (bicyclic) bond motifs is 15. The van der Waals surface area contributed by atoms with Crippen LogP contribution in [0.25, 0.3) is 0 Å². The van der Waals surface area contributed by atoms with Gasteiger partial charge in [-0.3, -0.25) is 4.90 Å². The third-order valence-corrected chi connectivity index (χ3v) is 27.1. The van der Waals surface area contributed by atoms with Crippen LogP contribution in [0.5, 0.6) is 0 Å². The van der Waals surface area contributed by atoms with Gasteiger partial charge in [0, 0.05) is 18.1 Å². The standard InChI is InChI=1S/C60H97NO/c1-35-39(57(62)47-31-37-17-7-6-16-36(37)30-45(35)47)28-29-56-60(50-24-14-10-19-41(50)42-20-11-15-25-51(42)60)54-33-46-43-21-9-13-23-49(43)59(4,5)53(46)34-55(54)61(56)38-26-27-44-40-18-8-12-22-48(40)58(2,3)52(44)32-38/h35-57,62H,6-34H2,1-5H3/t35?,36?,37?,38?,39?,40?,41?,42?,43?,44?,45?,46?,47?,48?,49?,50?,51?,52?,53?,54?,55?,56-,57?,60?/m1/s1. The number of nitrogens with zero attached hydrogens (tertiary/aromatic N) is 1. The highest BCUT2D eigenvalue weighted by Gasteiger charge is 2.75. The van der Waals surface area contributed by atoms with Crippen molar-refractivity contribution in [1.29, 1.82) is 0 Å². The van der Waals surface area contributed by atoms with E-state index < -0.39 is 0 Å². The van der Waals surface area contributed by atoms with Crippen LogP contribution in [0.2, 0.25) is 0 Å². The van der Waals surface area contributed by atoms with Crippen molar-refractivity contribution in [3.63, 3.8) is 0 Å². The maximum Gasteiger partial charge on any atom is 0.0602 e. The van der Waals surface area contributed by atoms with Gasteiger partial charge >= 0.3 is 0 Å². The molecule has 12 saturated carbocycles. The summed E-state index contributed by atoms with van der Waals surface area (Å²) in [7, 11) is 0. The van der Waals surface area contributed by atoms with E-state index in [4.69, 9.17) is 0 Å². The summed E-state index contributed by atoms with van der Waals surface area (Å²) in [6, 6.07) is 2.45. The van der Waals surface area contributed by atoms with Gasteiger partial charge in [-0.15, -0.1) is 0 Å². The molecule has 2 nitrogen and oxygen atoms in total. The van der Waals surface area contributed by atoms with Crippen LogP contribution in [0.1, 0.15) is 221 Å². The Morgan fingerprint density at radius 3 is 1.52 bits per heavy atom. The van der Waals surface area contributed by atoms with Gasteiger partial charge in [-0.2, -0.15) is 0 Å². The molecule has 2 heteroatoms. The van der Waals surface area contributed by atoms with Crippen molar-refractivity contribution in [2.45, 2.75) is 245 Å². The molecule has 1 N–H and O–H groups in total. The predicted octanol–water partition coefficient (Wildman–Crippen LogP) is 15.0. The molecule has 62 heavy (non-hydrogen) atoms. The highest BCUT2D eigenvalue weighted by atomic mass is 16.3. The average Bonchev–Trinajstić information content (AvgIpc) is 3.98. The first-order chi connectivity index (χ1) is 30.1. The fraction of sp³-hybridized carbons (Fsp3) is 1.00. The number of likely N-dealkylation sites (tertiary alicyclic amines) is 1. The summed E-state index contributed by atoms with van der Waals surface area (Å²) in [4.78, 5) is 3.63. The normalized spacial score (nSPS) is 58.3. The van der Waals surface area contributed by atoms with Gasteiger partial charge in [0.25, 0.3) is 0 Å². The Hall–Kier alpha value is -0.0800. The van der Waals surface area contributed by atoms with Crippen molar-refractivity contribution in [3.8, 4) is 0 Å². The zero-order chi connectivity index (χ0) is 41.9. The van der Waals surface area contributed by atoms with Crippen molar-refractivity contribution in [1.82, 2.24) is 4.90 Å². The Labute approximate surface area is 382 Å². The molecule has 0 radical (unpaired) electrons. The molecule has 0 aromatic carbocycles. The van der Waals surface area contributed by atoms with Crippen LogP contribution < -0.4 is 0 Å². The van der Waals surface area contributed by atoms with E-state index in [0.29, 0.717) is 28.1 Å². The van der Waals surface area contributed by atoms with Crippen LogP contribution in [0.4, 0.5) is 0 Å². The van der Waals surface area contributed by atoms with Crippen LogP contribution in [0.3, 0.4) is 0 Å². The fourth-order valence-corrected chi connectivity index (χ4v) is 25.2. The first kappa shape index (κ1) is 42.1. The van der Waals surface area contributed by atoms with E-state index in [1.807, 2.05) is 0 Å². The lowest BCUT2D eigenvalue weighted by Gasteiger charge is -2.52. The maximum atomic E-state index is 12.7. The highest BCUT2D eigenvalue weighted by Crippen LogP contribution is 2.77. The molecular formula is C60H97NO. The molecule has 0 aromatic rings. The molecule has 13 aliphatic rings. The van der Waals surface area contributed by atoms with Crippen LogP contribution in [0, 0.1) is 129 Å². The Kier molecular flexibility index (Phi) is 10.5. The second kappa shape index (κ2) is 15.5.